The van der Waals surface area contributed by atoms with Crippen molar-refractivity contribution in [2.45, 2.75) is 57.1 Å². The van der Waals surface area contributed by atoms with Gasteiger partial charge in [0.15, 0.2) is 0 Å². The van der Waals surface area contributed by atoms with Crippen LogP contribution in [0.1, 0.15) is 46.0 Å². The minimum atomic E-state index is -0.639. The number of nitrogens with zero attached hydrogens (tertiary/aromatic N) is 2. The quantitative estimate of drug-likeness (QED) is 0.785. The molecule has 0 saturated carbocycles. The van der Waals surface area contributed by atoms with Gasteiger partial charge in [0.25, 0.3) is 0 Å². The molecule has 2 N–H and O–H groups in total. The Balaban J connectivity index is 2.34. The molecule has 0 radical (unpaired) electrons. The molecule has 0 aliphatic carbocycles. The summed E-state index contributed by atoms with van der Waals surface area (Å²) in [6.07, 6.45) is 4.80. The lowest BCUT2D eigenvalue weighted by Gasteiger charge is -2.39. The third-order valence-corrected chi connectivity index (χ3v) is 4.18. The fourth-order valence-electron chi connectivity index (χ4n) is 2.60. The molecular weight excluding hydrogens is 226 g/mol. The number of methoxy groups -OCH3 is 1. The maximum atomic E-state index is 9.03. The summed E-state index contributed by atoms with van der Waals surface area (Å²) in [5.74, 6) is 0. The second kappa shape index (κ2) is 6.51. The number of piperidine rings is 1. The number of likely N-dealkylation sites (tertiary alicyclic amines) is 1. The standard InChI is InChI=1S/C14H27N3O/c1-4-14(16,11-15)8-6-10-17-9-5-7-13(2,12-17)18-3/h4-10,12,16H2,1-3H3. The zero-order valence-electron chi connectivity index (χ0n) is 12.0. The number of ether oxygens (including phenoxy) is 1. The van der Waals surface area contributed by atoms with Gasteiger partial charge in [0, 0.05) is 13.7 Å². The highest BCUT2D eigenvalue weighted by Crippen LogP contribution is 2.24. The number of nitriles is 1. The Bertz CT molecular complexity index is 302. The van der Waals surface area contributed by atoms with Crippen LogP contribution in [0.4, 0.5) is 0 Å². The van der Waals surface area contributed by atoms with Crippen LogP contribution in [-0.2, 0) is 4.74 Å². The topological polar surface area (TPSA) is 62.3 Å². The first-order chi connectivity index (χ1) is 8.47. The maximum absolute atomic E-state index is 9.03. The Labute approximate surface area is 111 Å². The van der Waals surface area contributed by atoms with Gasteiger partial charge in [0.05, 0.1) is 11.7 Å². The summed E-state index contributed by atoms with van der Waals surface area (Å²) in [6.45, 7) is 7.29. The molecular formula is C14H27N3O. The molecule has 0 bridgehead atoms. The minimum Gasteiger partial charge on any atom is -0.377 e. The van der Waals surface area contributed by atoms with Gasteiger partial charge < -0.3 is 15.4 Å². The molecule has 1 saturated heterocycles. The van der Waals surface area contributed by atoms with Crippen molar-refractivity contribution in [3.8, 4) is 6.07 Å². The summed E-state index contributed by atoms with van der Waals surface area (Å²) >= 11 is 0. The monoisotopic (exact) mass is 253 g/mol. The zero-order chi connectivity index (χ0) is 13.6. The summed E-state index contributed by atoms with van der Waals surface area (Å²) in [5, 5.41) is 9.03. The molecule has 1 rings (SSSR count). The van der Waals surface area contributed by atoms with E-state index in [1.165, 1.54) is 6.42 Å². The Hall–Kier alpha value is -0.630. The third kappa shape index (κ3) is 4.24. The highest BCUT2D eigenvalue weighted by Gasteiger charge is 2.30. The van der Waals surface area contributed by atoms with E-state index in [9.17, 15) is 0 Å². The van der Waals surface area contributed by atoms with Crippen molar-refractivity contribution in [1.29, 1.82) is 5.26 Å². The van der Waals surface area contributed by atoms with Gasteiger partial charge in [-0.15, -0.1) is 0 Å². The van der Waals surface area contributed by atoms with Crippen molar-refractivity contribution >= 4 is 0 Å². The van der Waals surface area contributed by atoms with Crippen LogP contribution in [0.5, 0.6) is 0 Å². The van der Waals surface area contributed by atoms with E-state index in [1.807, 2.05) is 6.92 Å². The van der Waals surface area contributed by atoms with Crippen LogP contribution in [-0.4, -0.2) is 42.8 Å². The summed E-state index contributed by atoms with van der Waals surface area (Å²) in [7, 11) is 1.79. The molecule has 4 heteroatoms. The number of rotatable bonds is 6. The van der Waals surface area contributed by atoms with Crippen LogP contribution >= 0.6 is 0 Å². The Morgan fingerprint density at radius 3 is 2.83 bits per heavy atom. The van der Waals surface area contributed by atoms with Crippen LogP contribution in [0.2, 0.25) is 0 Å². The van der Waals surface area contributed by atoms with Crippen LogP contribution in [0.3, 0.4) is 0 Å². The molecule has 0 aromatic heterocycles. The molecule has 2 atom stereocenters. The number of hydrogen-bond acceptors (Lipinski definition) is 4. The van der Waals surface area contributed by atoms with E-state index in [4.69, 9.17) is 15.7 Å². The van der Waals surface area contributed by atoms with Crippen LogP contribution < -0.4 is 5.73 Å². The van der Waals surface area contributed by atoms with E-state index in [0.717, 1.165) is 45.3 Å². The van der Waals surface area contributed by atoms with E-state index >= 15 is 0 Å². The van der Waals surface area contributed by atoms with E-state index in [0.29, 0.717) is 0 Å². The molecule has 104 valence electrons. The van der Waals surface area contributed by atoms with E-state index in [2.05, 4.69) is 17.9 Å². The number of hydrogen-bond donors (Lipinski definition) is 1. The molecule has 1 aliphatic heterocycles. The van der Waals surface area contributed by atoms with Crippen LogP contribution in [0, 0.1) is 11.3 Å². The molecule has 0 spiro atoms. The predicted molar refractivity (Wildman–Crippen MR) is 73.1 cm³/mol. The molecule has 1 aliphatic rings. The predicted octanol–water partition coefficient (Wildman–Crippen LogP) is 1.90. The van der Waals surface area contributed by atoms with Gasteiger partial charge >= 0.3 is 0 Å². The molecule has 0 amide bonds. The van der Waals surface area contributed by atoms with Crippen molar-refractivity contribution in [2.75, 3.05) is 26.7 Å². The van der Waals surface area contributed by atoms with Gasteiger partial charge in [-0.25, -0.2) is 0 Å². The van der Waals surface area contributed by atoms with E-state index in [-0.39, 0.29) is 5.60 Å². The SMILES string of the molecule is CCC(N)(C#N)CCCN1CCCC(C)(OC)C1. The number of nitrogens with two attached hydrogens (primary N) is 1. The molecule has 2 unspecified atom stereocenters. The molecule has 1 heterocycles. The fourth-order valence-corrected chi connectivity index (χ4v) is 2.60. The van der Waals surface area contributed by atoms with Gasteiger partial charge in [-0.2, -0.15) is 5.26 Å². The van der Waals surface area contributed by atoms with Gasteiger partial charge in [0.2, 0.25) is 0 Å². The summed E-state index contributed by atoms with van der Waals surface area (Å²) in [4.78, 5) is 2.43. The van der Waals surface area contributed by atoms with Gasteiger partial charge in [-0.3, -0.25) is 0 Å². The smallest absolute Gasteiger partial charge is 0.104 e. The van der Waals surface area contributed by atoms with E-state index in [1.54, 1.807) is 7.11 Å². The second-order valence-corrected chi connectivity index (χ2v) is 5.76. The fraction of sp³-hybridized carbons (Fsp3) is 0.929. The normalized spacial score (nSPS) is 28.6. The van der Waals surface area contributed by atoms with E-state index < -0.39 is 5.54 Å². The second-order valence-electron chi connectivity index (χ2n) is 5.76. The third-order valence-electron chi connectivity index (χ3n) is 4.18. The van der Waals surface area contributed by atoms with Crippen molar-refractivity contribution in [3.05, 3.63) is 0 Å². The highest BCUT2D eigenvalue weighted by atomic mass is 16.5. The molecule has 4 nitrogen and oxygen atoms in total. The summed E-state index contributed by atoms with van der Waals surface area (Å²) in [6, 6.07) is 2.23. The molecule has 0 aromatic rings. The average Bonchev–Trinajstić information content (AvgIpc) is 2.39. The first-order valence-electron chi connectivity index (χ1n) is 6.94. The van der Waals surface area contributed by atoms with Crippen molar-refractivity contribution in [3.63, 3.8) is 0 Å². The van der Waals surface area contributed by atoms with Gasteiger partial charge in [-0.1, -0.05) is 6.92 Å². The lowest BCUT2D eigenvalue weighted by molar-refractivity contribution is -0.0509. The van der Waals surface area contributed by atoms with Crippen molar-refractivity contribution in [1.82, 2.24) is 4.90 Å². The highest BCUT2D eigenvalue weighted by molar-refractivity contribution is 5.03. The van der Waals surface area contributed by atoms with Crippen LogP contribution in [0.15, 0.2) is 0 Å². The minimum absolute atomic E-state index is 0.00195. The van der Waals surface area contributed by atoms with Gasteiger partial charge in [0.1, 0.15) is 5.54 Å². The lowest BCUT2D eigenvalue weighted by Crippen LogP contribution is -2.48. The first kappa shape index (κ1) is 15.4. The summed E-state index contributed by atoms with van der Waals surface area (Å²) < 4.78 is 5.58. The van der Waals surface area contributed by atoms with Gasteiger partial charge in [-0.05, 0) is 52.1 Å². The Kier molecular flexibility index (Phi) is 5.58. The zero-order valence-corrected chi connectivity index (χ0v) is 12.0. The van der Waals surface area contributed by atoms with Crippen molar-refractivity contribution in [2.24, 2.45) is 5.73 Å². The molecule has 18 heavy (non-hydrogen) atoms. The Morgan fingerprint density at radius 2 is 2.28 bits per heavy atom. The summed E-state index contributed by atoms with van der Waals surface area (Å²) in [5.41, 5.74) is 5.35. The Morgan fingerprint density at radius 1 is 1.56 bits per heavy atom. The molecule has 1 fully saturated rings. The average molecular weight is 253 g/mol. The molecule has 0 aromatic carbocycles. The first-order valence-corrected chi connectivity index (χ1v) is 6.94. The lowest BCUT2D eigenvalue weighted by atomic mass is 9.92. The van der Waals surface area contributed by atoms with Crippen LogP contribution in [0.25, 0.3) is 0 Å². The largest absolute Gasteiger partial charge is 0.377 e. The maximum Gasteiger partial charge on any atom is 0.104 e. The van der Waals surface area contributed by atoms with Crippen molar-refractivity contribution < 1.29 is 4.74 Å².